The average molecular weight is 378 g/mol. The molecule has 1 aliphatic heterocycles. The summed E-state index contributed by atoms with van der Waals surface area (Å²) in [4.78, 5) is 3.21. The van der Waals surface area contributed by atoms with Crippen LogP contribution < -0.4 is 5.32 Å². The molecule has 0 saturated heterocycles. The number of hydrogen-bond acceptors (Lipinski definition) is 2. The molecular weight excluding hydrogens is 358 g/mol. The molecule has 3 N–H and O–H groups in total. The number of nitrogens with zero attached hydrogens (tertiary/aromatic N) is 1. The van der Waals surface area contributed by atoms with Crippen molar-refractivity contribution in [2.24, 2.45) is 0 Å². The van der Waals surface area contributed by atoms with Crippen molar-refractivity contribution < 1.29 is 8.78 Å². The molecule has 2 aromatic carbocycles. The summed E-state index contributed by atoms with van der Waals surface area (Å²) in [5, 5.41) is 11.3. The van der Waals surface area contributed by atoms with Gasteiger partial charge in [0.15, 0.2) is 0 Å². The fraction of sp³-hybridized carbons (Fsp3) is 0.227. The largest absolute Gasteiger partial charge is 0.373 e. The molecule has 0 unspecified atom stereocenters. The first-order chi connectivity index (χ1) is 13.3. The fourth-order valence-electron chi connectivity index (χ4n) is 4.34. The van der Waals surface area contributed by atoms with E-state index in [4.69, 9.17) is 0 Å². The molecule has 0 bridgehead atoms. The van der Waals surface area contributed by atoms with E-state index in [2.05, 4.69) is 20.5 Å². The SMILES string of the molecule is Cc1c(-c2cc(F)cc3c(C)c[nH]c23)cc(F)c2c1-c1[nH]ncc1C(C)(C)N2. The third-order valence-corrected chi connectivity index (χ3v) is 5.79. The highest BCUT2D eigenvalue weighted by Gasteiger charge is 2.35. The molecule has 142 valence electrons. The second-order valence-corrected chi connectivity index (χ2v) is 8.04. The zero-order chi connectivity index (χ0) is 19.8. The molecule has 0 aliphatic carbocycles. The summed E-state index contributed by atoms with van der Waals surface area (Å²) in [6.07, 6.45) is 3.61. The van der Waals surface area contributed by atoms with E-state index in [0.717, 1.165) is 38.9 Å². The second-order valence-electron chi connectivity index (χ2n) is 8.04. The minimum atomic E-state index is -0.452. The summed E-state index contributed by atoms with van der Waals surface area (Å²) >= 11 is 0. The summed E-state index contributed by atoms with van der Waals surface area (Å²) < 4.78 is 29.6. The van der Waals surface area contributed by atoms with Crippen LogP contribution in [0, 0.1) is 25.5 Å². The van der Waals surface area contributed by atoms with Gasteiger partial charge in [0, 0.05) is 28.3 Å². The number of hydrogen-bond donors (Lipinski definition) is 3. The molecule has 4 nitrogen and oxygen atoms in total. The second kappa shape index (κ2) is 5.44. The maximum Gasteiger partial charge on any atom is 0.147 e. The molecule has 0 fully saturated rings. The van der Waals surface area contributed by atoms with Gasteiger partial charge < -0.3 is 10.3 Å². The molecule has 1 aliphatic rings. The van der Waals surface area contributed by atoms with Gasteiger partial charge in [-0.2, -0.15) is 5.10 Å². The predicted octanol–water partition coefficient (Wildman–Crippen LogP) is 5.78. The molecule has 2 aromatic heterocycles. The zero-order valence-electron chi connectivity index (χ0n) is 16.1. The number of aryl methyl sites for hydroxylation is 1. The Balaban J connectivity index is 1.85. The first-order valence-electron chi connectivity index (χ1n) is 9.21. The fourth-order valence-corrected chi connectivity index (χ4v) is 4.34. The topological polar surface area (TPSA) is 56.5 Å². The Morgan fingerprint density at radius 2 is 1.82 bits per heavy atom. The minimum absolute atomic E-state index is 0.343. The van der Waals surface area contributed by atoms with Gasteiger partial charge in [0.05, 0.1) is 28.6 Å². The molecule has 6 heteroatoms. The highest BCUT2D eigenvalue weighted by atomic mass is 19.1. The van der Waals surface area contributed by atoms with Gasteiger partial charge in [-0.15, -0.1) is 0 Å². The summed E-state index contributed by atoms with van der Waals surface area (Å²) in [6.45, 7) is 7.84. The van der Waals surface area contributed by atoms with Crippen LogP contribution in [0.15, 0.2) is 30.6 Å². The van der Waals surface area contributed by atoms with Gasteiger partial charge in [-0.25, -0.2) is 8.78 Å². The van der Waals surface area contributed by atoms with Gasteiger partial charge in [-0.05, 0) is 62.6 Å². The average Bonchev–Trinajstić information content (AvgIpc) is 3.26. The van der Waals surface area contributed by atoms with Crippen LogP contribution in [0.3, 0.4) is 0 Å². The van der Waals surface area contributed by atoms with Crippen molar-refractivity contribution in [2.75, 3.05) is 5.32 Å². The molecule has 0 saturated carbocycles. The van der Waals surface area contributed by atoms with Crippen molar-refractivity contribution in [1.29, 1.82) is 0 Å². The maximum absolute atomic E-state index is 15.2. The number of rotatable bonds is 1. The third-order valence-electron chi connectivity index (χ3n) is 5.79. The molecule has 4 aromatic rings. The van der Waals surface area contributed by atoms with Gasteiger partial charge in [0.25, 0.3) is 0 Å². The minimum Gasteiger partial charge on any atom is -0.373 e. The van der Waals surface area contributed by atoms with E-state index in [1.807, 2.05) is 33.9 Å². The van der Waals surface area contributed by atoms with Crippen molar-refractivity contribution in [1.82, 2.24) is 15.2 Å². The molecule has 5 rings (SSSR count). The van der Waals surface area contributed by atoms with Crippen LogP contribution in [0.4, 0.5) is 14.5 Å². The van der Waals surface area contributed by atoms with Crippen molar-refractivity contribution >= 4 is 16.6 Å². The Hall–Kier alpha value is -3.15. The quantitative estimate of drug-likeness (QED) is 0.393. The lowest BCUT2D eigenvalue weighted by molar-refractivity contribution is 0.579. The van der Waals surface area contributed by atoms with E-state index in [9.17, 15) is 4.39 Å². The molecule has 0 amide bonds. The Kier molecular flexibility index (Phi) is 3.30. The lowest BCUT2D eigenvalue weighted by atomic mass is 9.83. The van der Waals surface area contributed by atoms with E-state index in [-0.39, 0.29) is 11.6 Å². The Labute approximate surface area is 161 Å². The van der Waals surface area contributed by atoms with E-state index < -0.39 is 5.54 Å². The van der Waals surface area contributed by atoms with Gasteiger partial charge in [-0.3, -0.25) is 5.10 Å². The number of H-pyrrole nitrogens is 2. The molecule has 3 heterocycles. The Bertz CT molecular complexity index is 1260. The number of fused-ring (bicyclic) bond motifs is 4. The van der Waals surface area contributed by atoms with Crippen molar-refractivity contribution in [3.63, 3.8) is 0 Å². The molecule has 0 radical (unpaired) electrons. The summed E-state index contributed by atoms with van der Waals surface area (Å²) in [5.74, 6) is -0.714. The van der Waals surface area contributed by atoms with E-state index >= 15 is 4.39 Å². The summed E-state index contributed by atoms with van der Waals surface area (Å²) in [6, 6.07) is 4.45. The van der Waals surface area contributed by atoms with Crippen LogP contribution in [-0.4, -0.2) is 15.2 Å². The van der Waals surface area contributed by atoms with Gasteiger partial charge >= 0.3 is 0 Å². The van der Waals surface area contributed by atoms with Gasteiger partial charge in [-0.1, -0.05) is 0 Å². The third kappa shape index (κ3) is 2.17. The summed E-state index contributed by atoms with van der Waals surface area (Å²) in [7, 11) is 0. The highest BCUT2D eigenvalue weighted by Crippen LogP contribution is 2.48. The lowest BCUT2D eigenvalue weighted by Crippen LogP contribution is -2.32. The monoisotopic (exact) mass is 378 g/mol. The standard InChI is InChI=1S/C22H20F2N4/c1-10-8-25-19-13(10)5-12(23)6-15(19)14-7-17(24)21-18(11(14)2)20-16(9-26-28-20)22(3,4)27-21/h5-9,25,27H,1-4H3,(H,26,28). The van der Waals surface area contributed by atoms with Crippen LogP contribution in [0.25, 0.3) is 33.3 Å². The van der Waals surface area contributed by atoms with Crippen molar-refractivity contribution in [3.05, 3.63) is 58.9 Å². The normalized spacial score (nSPS) is 14.6. The van der Waals surface area contributed by atoms with E-state index in [1.54, 1.807) is 6.20 Å². The lowest BCUT2D eigenvalue weighted by Gasteiger charge is -2.35. The van der Waals surface area contributed by atoms with Crippen LogP contribution in [0.5, 0.6) is 0 Å². The van der Waals surface area contributed by atoms with E-state index in [1.165, 1.54) is 18.2 Å². The Morgan fingerprint density at radius 3 is 2.61 bits per heavy atom. The van der Waals surface area contributed by atoms with Crippen LogP contribution in [-0.2, 0) is 5.54 Å². The molecule has 28 heavy (non-hydrogen) atoms. The number of benzene rings is 2. The first-order valence-corrected chi connectivity index (χ1v) is 9.21. The van der Waals surface area contributed by atoms with Gasteiger partial charge in [0.1, 0.15) is 11.6 Å². The number of aromatic nitrogens is 3. The first kappa shape index (κ1) is 17.0. The molecule has 0 atom stereocenters. The van der Waals surface area contributed by atoms with Crippen LogP contribution in [0.2, 0.25) is 0 Å². The van der Waals surface area contributed by atoms with Crippen molar-refractivity contribution in [2.45, 2.75) is 33.2 Å². The molecular formula is C22H20F2N4. The number of halogens is 2. The number of nitrogens with one attached hydrogen (secondary N) is 3. The van der Waals surface area contributed by atoms with Gasteiger partial charge in [0.2, 0.25) is 0 Å². The number of aromatic amines is 2. The highest BCUT2D eigenvalue weighted by molar-refractivity contribution is 5.99. The predicted molar refractivity (Wildman–Crippen MR) is 107 cm³/mol. The number of anilines is 1. The van der Waals surface area contributed by atoms with Crippen molar-refractivity contribution in [3.8, 4) is 22.4 Å². The zero-order valence-corrected chi connectivity index (χ0v) is 16.1. The van der Waals surface area contributed by atoms with E-state index in [0.29, 0.717) is 16.8 Å². The molecule has 0 spiro atoms. The van der Waals surface area contributed by atoms with Crippen LogP contribution in [0.1, 0.15) is 30.5 Å². The smallest absolute Gasteiger partial charge is 0.147 e. The summed E-state index contributed by atoms with van der Waals surface area (Å²) in [5.41, 5.74) is 6.42. The maximum atomic E-state index is 15.2. The Morgan fingerprint density at radius 1 is 1.04 bits per heavy atom. The van der Waals surface area contributed by atoms with Crippen LogP contribution >= 0.6 is 0 Å².